The van der Waals surface area contributed by atoms with Crippen molar-refractivity contribution in [3.05, 3.63) is 83.9 Å². The van der Waals surface area contributed by atoms with Gasteiger partial charge in [-0.15, -0.1) is 0 Å². The molecule has 0 bridgehead atoms. The number of nitrogens with one attached hydrogen (secondary N) is 2. The molecule has 0 fully saturated rings. The zero-order valence-corrected chi connectivity index (χ0v) is 18.8. The van der Waals surface area contributed by atoms with Gasteiger partial charge in [0.15, 0.2) is 5.11 Å². The van der Waals surface area contributed by atoms with Crippen molar-refractivity contribution in [3.8, 4) is 0 Å². The van der Waals surface area contributed by atoms with E-state index in [1.54, 1.807) is 24.3 Å². The molecule has 32 heavy (non-hydrogen) atoms. The topological polar surface area (TPSA) is 61.4 Å². The lowest BCUT2D eigenvalue weighted by atomic mass is 9.99. The number of aryl methyl sites for hydroxylation is 1. The van der Waals surface area contributed by atoms with Crippen molar-refractivity contribution in [2.75, 3.05) is 14.9 Å². The highest BCUT2D eigenvalue weighted by Crippen LogP contribution is 2.35. The van der Waals surface area contributed by atoms with Gasteiger partial charge in [0.1, 0.15) is 11.6 Å². The first-order valence-corrected chi connectivity index (χ1v) is 11.9. The summed E-state index contributed by atoms with van der Waals surface area (Å²) in [4.78, 5) is 0.121. The minimum atomic E-state index is -3.84. The van der Waals surface area contributed by atoms with Crippen LogP contribution in [-0.4, -0.2) is 19.6 Å². The van der Waals surface area contributed by atoms with E-state index in [0.29, 0.717) is 35.5 Å². The van der Waals surface area contributed by atoms with E-state index in [9.17, 15) is 17.2 Å². The molecule has 3 aromatic rings. The largest absolute Gasteiger partial charge is 0.332 e. The van der Waals surface area contributed by atoms with Crippen LogP contribution in [-0.2, 0) is 16.4 Å². The average Bonchev–Trinajstić information content (AvgIpc) is 2.74. The number of anilines is 3. The fourth-order valence-corrected chi connectivity index (χ4v) is 5.70. The Labute approximate surface area is 191 Å². The highest BCUT2D eigenvalue weighted by Gasteiger charge is 2.33. The maximum Gasteiger partial charge on any atom is 0.264 e. The van der Waals surface area contributed by atoms with Gasteiger partial charge in [0.2, 0.25) is 0 Å². The van der Waals surface area contributed by atoms with Crippen LogP contribution in [0, 0.1) is 11.6 Å². The fourth-order valence-electron chi connectivity index (χ4n) is 3.74. The van der Waals surface area contributed by atoms with E-state index in [2.05, 4.69) is 10.6 Å². The van der Waals surface area contributed by atoms with Crippen LogP contribution in [0.15, 0.2) is 71.6 Å². The molecule has 0 spiro atoms. The van der Waals surface area contributed by atoms with Gasteiger partial charge in [0, 0.05) is 17.4 Å². The van der Waals surface area contributed by atoms with E-state index in [4.69, 9.17) is 12.2 Å². The van der Waals surface area contributed by atoms with Gasteiger partial charge >= 0.3 is 0 Å². The maximum atomic E-state index is 13.6. The van der Waals surface area contributed by atoms with Crippen molar-refractivity contribution in [2.24, 2.45) is 0 Å². The molecular formula is C23H21F2N3O2S2. The first kappa shape index (κ1) is 22.2. The summed E-state index contributed by atoms with van der Waals surface area (Å²) in [6, 6.07) is 16.0. The molecule has 0 saturated carbocycles. The van der Waals surface area contributed by atoms with Crippen LogP contribution in [0.2, 0.25) is 0 Å². The number of hydrogen-bond acceptors (Lipinski definition) is 3. The molecule has 1 aliphatic rings. The first-order chi connectivity index (χ1) is 15.2. The molecule has 9 heteroatoms. The number of nitrogens with zero attached hydrogens (tertiary/aromatic N) is 1. The SMILES string of the molecule is C[C@@H]1CCc2cc(F)ccc2N1S(=O)(=O)c1ccc(NC(=S)Nc2cccc(F)c2)cc1. The Kier molecular flexibility index (Phi) is 6.12. The van der Waals surface area contributed by atoms with Crippen LogP contribution in [0.5, 0.6) is 0 Å². The summed E-state index contributed by atoms with van der Waals surface area (Å²) < 4.78 is 55.1. The zero-order valence-electron chi connectivity index (χ0n) is 17.2. The fraction of sp³-hybridized carbons (Fsp3) is 0.174. The third-order valence-electron chi connectivity index (χ3n) is 5.26. The van der Waals surface area contributed by atoms with Crippen LogP contribution < -0.4 is 14.9 Å². The van der Waals surface area contributed by atoms with Crippen molar-refractivity contribution in [1.29, 1.82) is 0 Å². The highest BCUT2D eigenvalue weighted by molar-refractivity contribution is 7.92. The Bertz CT molecular complexity index is 1260. The third-order valence-corrected chi connectivity index (χ3v) is 7.41. The van der Waals surface area contributed by atoms with Crippen molar-refractivity contribution >= 4 is 44.4 Å². The minimum absolute atomic E-state index is 0.121. The van der Waals surface area contributed by atoms with Crippen molar-refractivity contribution in [3.63, 3.8) is 0 Å². The molecule has 0 aliphatic carbocycles. The van der Waals surface area contributed by atoms with E-state index in [0.717, 1.165) is 0 Å². The molecule has 0 saturated heterocycles. The molecule has 1 aliphatic heterocycles. The van der Waals surface area contributed by atoms with E-state index in [-0.39, 0.29) is 27.7 Å². The van der Waals surface area contributed by atoms with Gasteiger partial charge in [-0.25, -0.2) is 17.2 Å². The van der Waals surface area contributed by atoms with Crippen molar-refractivity contribution in [2.45, 2.75) is 30.7 Å². The van der Waals surface area contributed by atoms with Crippen LogP contribution in [0.25, 0.3) is 0 Å². The Morgan fingerprint density at radius 1 is 0.969 bits per heavy atom. The number of hydrogen-bond donors (Lipinski definition) is 2. The predicted octanol–water partition coefficient (Wildman–Crippen LogP) is 5.30. The summed E-state index contributed by atoms with van der Waals surface area (Å²) in [5.74, 6) is -0.766. The van der Waals surface area contributed by atoms with Gasteiger partial charge in [-0.1, -0.05) is 6.07 Å². The van der Waals surface area contributed by atoms with Crippen LogP contribution in [0.1, 0.15) is 18.9 Å². The second kappa shape index (κ2) is 8.84. The van der Waals surface area contributed by atoms with Crippen molar-refractivity contribution < 1.29 is 17.2 Å². The van der Waals surface area contributed by atoms with Crippen LogP contribution in [0.4, 0.5) is 25.8 Å². The van der Waals surface area contributed by atoms with Gasteiger partial charge in [-0.2, -0.15) is 0 Å². The molecule has 4 rings (SSSR count). The van der Waals surface area contributed by atoms with E-state index in [1.807, 2.05) is 6.92 Å². The molecule has 0 amide bonds. The lowest BCUT2D eigenvalue weighted by Gasteiger charge is -2.36. The Morgan fingerprint density at radius 2 is 1.66 bits per heavy atom. The summed E-state index contributed by atoms with van der Waals surface area (Å²) in [7, 11) is -3.84. The van der Waals surface area contributed by atoms with Gasteiger partial charge in [-0.3, -0.25) is 4.31 Å². The van der Waals surface area contributed by atoms with E-state index in [1.165, 1.54) is 46.8 Å². The first-order valence-electron chi connectivity index (χ1n) is 10.0. The summed E-state index contributed by atoms with van der Waals surface area (Å²) in [6.45, 7) is 1.84. The molecule has 0 unspecified atom stereocenters. The quantitative estimate of drug-likeness (QED) is 0.504. The third kappa shape index (κ3) is 4.58. The normalized spacial score (nSPS) is 15.7. The smallest absolute Gasteiger partial charge is 0.264 e. The number of halogens is 2. The molecule has 0 aromatic heterocycles. The lowest BCUT2D eigenvalue weighted by Crippen LogP contribution is -2.42. The van der Waals surface area contributed by atoms with Gasteiger partial charge in [0.05, 0.1) is 10.6 Å². The highest BCUT2D eigenvalue weighted by atomic mass is 32.2. The average molecular weight is 474 g/mol. The van der Waals surface area contributed by atoms with Gasteiger partial charge in [-0.05, 0) is 98.2 Å². The summed E-state index contributed by atoms with van der Waals surface area (Å²) in [5, 5.41) is 6.06. The van der Waals surface area contributed by atoms with Crippen LogP contribution in [0.3, 0.4) is 0 Å². The number of thiocarbonyl (C=S) groups is 1. The predicted molar refractivity (Wildman–Crippen MR) is 127 cm³/mol. The maximum absolute atomic E-state index is 13.6. The summed E-state index contributed by atoms with van der Waals surface area (Å²) in [5.41, 5.74) is 2.26. The Hall–Kier alpha value is -3.04. The number of fused-ring (bicyclic) bond motifs is 1. The van der Waals surface area contributed by atoms with Crippen molar-refractivity contribution in [1.82, 2.24) is 0 Å². The molecule has 0 radical (unpaired) electrons. The molecule has 1 heterocycles. The summed E-state index contributed by atoms with van der Waals surface area (Å²) >= 11 is 5.24. The molecule has 166 valence electrons. The second-order valence-corrected chi connectivity index (χ2v) is 9.80. The zero-order chi connectivity index (χ0) is 22.9. The monoisotopic (exact) mass is 473 g/mol. The van der Waals surface area contributed by atoms with E-state index >= 15 is 0 Å². The standard InChI is InChI=1S/C23H21F2N3O2S2/c1-15-5-6-16-13-18(25)7-12-22(16)28(15)32(29,30)21-10-8-19(9-11-21)26-23(31)27-20-4-2-3-17(24)14-20/h2-4,7-15H,5-6H2,1H3,(H2,26,27,31)/t15-/m1/s1. The number of benzene rings is 3. The van der Waals surface area contributed by atoms with Crippen LogP contribution >= 0.6 is 12.2 Å². The molecule has 1 atom stereocenters. The van der Waals surface area contributed by atoms with E-state index < -0.39 is 10.0 Å². The number of rotatable bonds is 4. The minimum Gasteiger partial charge on any atom is -0.332 e. The molecule has 5 nitrogen and oxygen atoms in total. The second-order valence-electron chi connectivity index (χ2n) is 7.58. The van der Waals surface area contributed by atoms with Gasteiger partial charge < -0.3 is 10.6 Å². The molecule has 3 aromatic carbocycles. The van der Waals surface area contributed by atoms with Gasteiger partial charge in [0.25, 0.3) is 10.0 Å². The molecular weight excluding hydrogens is 452 g/mol. The molecule has 2 N–H and O–H groups in total. The lowest BCUT2D eigenvalue weighted by molar-refractivity contribution is 0.560. The Morgan fingerprint density at radius 3 is 2.38 bits per heavy atom. The summed E-state index contributed by atoms with van der Waals surface area (Å²) in [6.07, 6.45) is 1.23. The number of sulfonamides is 1. The Balaban J connectivity index is 1.53.